The van der Waals surface area contributed by atoms with E-state index in [4.69, 9.17) is 9.98 Å². The molecule has 0 aliphatic heterocycles. The van der Waals surface area contributed by atoms with Gasteiger partial charge in [-0.3, -0.25) is 19.6 Å². The van der Waals surface area contributed by atoms with E-state index in [0.29, 0.717) is 62.8 Å². The lowest BCUT2D eigenvalue weighted by atomic mass is 9.78. The average Bonchev–Trinajstić information content (AvgIpc) is 3.07. The summed E-state index contributed by atoms with van der Waals surface area (Å²) in [6.45, 7) is 5.40. The van der Waals surface area contributed by atoms with Crippen LogP contribution in [-0.4, -0.2) is 46.3 Å². The van der Waals surface area contributed by atoms with E-state index in [1.54, 1.807) is 0 Å². The zero-order valence-corrected chi connectivity index (χ0v) is 27.8. The molecule has 0 amide bonds. The minimum atomic E-state index is -0.00332. The minimum Gasteiger partial charge on any atom is -0.511 e. The fourth-order valence-electron chi connectivity index (χ4n) is 6.60. The van der Waals surface area contributed by atoms with Crippen molar-refractivity contribution in [3.05, 3.63) is 94.5 Å². The molecule has 2 N–H and O–H groups in total. The molecule has 2 saturated carbocycles. The van der Waals surface area contributed by atoms with Crippen molar-refractivity contribution in [2.45, 2.75) is 116 Å². The highest BCUT2D eigenvalue weighted by atomic mass is 16.3. The fraction of sp³-hybridized carbons (Fsp3) is 0.500. The summed E-state index contributed by atoms with van der Waals surface area (Å²) in [4.78, 5) is 36.2. The number of aliphatic hydroxyl groups excluding tert-OH is 2. The molecule has 2 aromatic rings. The van der Waals surface area contributed by atoms with E-state index in [1.165, 1.54) is 0 Å². The van der Waals surface area contributed by atoms with E-state index in [9.17, 15) is 19.8 Å². The predicted octanol–water partition coefficient (Wildman–Crippen LogP) is 9.73. The molecular formula is C40H52N2O4. The van der Waals surface area contributed by atoms with Gasteiger partial charge in [0, 0.05) is 50.2 Å². The molecule has 0 aromatic heterocycles. The SMILES string of the molecule is CCCCC(O)=C1C(=O)C[C@H](c2ccccc2)CC1=NCCCCCCN=C1C[C@@H](c2ccccc2)CC(=O)C1=C(O)CCCC. The van der Waals surface area contributed by atoms with Crippen LogP contribution in [0.2, 0.25) is 0 Å². The highest BCUT2D eigenvalue weighted by Crippen LogP contribution is 2.35. The second-order valence-corrected chi connectivity index (χ2v) is 12.8. The van der Waals surface area contributed by atoms with Crippen molar-refractivity contribution in [3.8, 4) is 0 Å². The van der Waals surface area contributed by atoms with E-state index in [-0.39, 0.29) is 34.9 Å². The van der Waals surface area contributed by atoms with Gasteiger partial charge in [-0.25, -0.2) is 0 Å². The first-order chi connectivity index (χ1) is 22.4. The van der Waals surface area contributed by atoms with E-state index in [0.717, 1.165) is 73.9 Å². The Balaban J connectivity index is 1.35. The van der Waals surface area contributed by atoms with Crippen molar-refractivity contribution in [1.29, 1.82) is 0 Å². The molecule has 2 aliphatic rings. The minimum absolute atomic E-state index is 0.00332. The van der Waals surface area contributed by atoms with Gasteiger partial charge in [0.15, 0.2) is 11.6 Å². The Morgan fingerprint density at radius 2 is 0.978 bits per heavy atom. The molecule has 0 bridgehead atoms. The lowest BCUT2D eigenvalue weighted by Gasteiger charge is -2.26. The zero-order chi connectivity index (χ0) is 32.7. The van der Waals surface area contributed by atoms with Gasteiger partial charge in [0.2, 0.25) is 0 Å². The van der Waals surface area contributed by atoms with Crippen LogP contribution in [0.25, 0.3) is 0 Å². The molecular weight excluding hydrogens is 572 g/mol. The third-order valence-electron chi connectivity index (χ3n) is 9.20. The lowest BCUT2D eigenvalue weighted by Crippen LogP contribution is -2.27. The second-order valence-electron chi connectivity index (χ2n) is 12.8. The first-order valence-electron chi connectivity index (χ1n) is 17.5. The summed E-state index contributed by atoms with van der Waals surface area (Å²) < 4.78 is 0. The van der Waals surface area contributed by atoms with Crippen molar-refractivity contribution in [3.63, 3.8) is 0 Å². The third-order valence-corrected chi connectivity index (χ3v) is 9.20. The average molecular weight is 625 g/mol. The van der Waals surface area contributed by atoms with Crippen LogP contribution >= 0.6 is 0 Å². The molecule has 0 radical (unpaired) electrons. The Bertz CT molecular complexity index is 1310. The summed E-state index contributed by atoms with van der Waals surface area (Å²) in [5.41, 5.74) is 4.70. The zero-order valence-electron chi connectivity index (χ0n) is 27.8. The number of carbonyl (C=O) groups is 2. The van der Waals surface area contributed by atoms with E-state index in [1.807, 2.05) is 36.4 Å². The molecule has 6 nitrogen and oxygen atoms in total. The fourth-order valence-corrected chi connectivity index (χ4v) is 6.60. The number of rotatable bonds is 15. The molecule has 0 heterocycles. The van der Waals surface area contributed by atoms with Crippen LogP contribution in [0.1, 0.15) is 127 Å². The highest BCUT2D eigenvalue weighted by Gasteiger charge is 2.33. The van der Waals surface area contributed by atoms with Crippen LogP contribution in [0.4, 0.5) is 0 Å². The van der Waals surface area contributed by atoms with Gasteiger partial charge in [-0.05, 0) is 61.5 Å². The van der Waals surface area contributed by atoms with Crippen molar-refractivity contribution in [2.75, 3.05) is 13.1 Å². The van der Waals surface area contributed by atoms with Crippen molar-refractivity contribution >= 4 is 23.0 Å². The van der Waals surface area contributed by atoms with Gasteiger partial charge in [0.25, 0.3) is 0 Å². The van der Waals surface area contributed by atoms with Gasteiger partial charge in [-0.15, -0.1) is 0 Å². The Hall–Kier alpha value is -3.80. The van der Waals surface area contributed by atoms with Crippen LogP contribution in [0.5, 0.6) is 0 Å². The quantitative estimate of drug-likeness (QED) is 0.117. The van der Waals surface area contributed by atoms with Gasteiger partial charge in [-0.2, -0.15) is 0 Å². The number of aliphatic hydroxyl groups is 2. The molecule has 2 fully saturated rings. The Labute approximate surface area is 275 Å². The van der Waals surface area contributed by atoms with Crippen LogP contribution in [0.3, 0.4) is 0 Å². The number of nitrogens with zero attached hydrogens (tertiary/aromatic N) is 2. The topological polar surface area (TPSA) is 99.3 Å². The Morgan fingerprint density at radius 1 is 0.587 bits per heavy atom. The number of unbranched alkanes of at least 4 members (excludes halogenated alkanes) is 5. The Kier molecular flexibility index (Phi) is 14.0. The Morgan fingerprint density at radius 3 is 1.35 bits per heavy atom. The van der Waals surface area contributed by atoms with Gasteiger partial charge in [0.1, 0.15) is 11.5 Å². The number of benzene rings is 2. The van der Waals surface area contributed by atoms with E-state index >= 15 is 0 Å². The second kappa shape index (κ2) is 18.4. The molecule has 2 aromatic carbocycles. The van der Waals surface area contributed by atoms with Gasteiger partial charge in [-0.1, -0.05) is 100 Å². The third kappa shape index (κ3) is 9.85. The molecule has 46 heavy (non-hydrogen) atoms. The van der Waals surface area contributed by atoms with Gasteiger partial charge in [0.05, 0.1) is 11.1 Å². The summed E-state index contributed by atoms with van der Waals surface area (Å²) in [6.07, 6.45) is 10.5. The van der Waals surface area contributed by atoms with Crippen LogP contribution in [0.15, 0.2) is 93.3 Å². The normalized spacial score (nSPS) is 22.8. The maximum atomic E-state index is 13.2. The predicted molar refractivity (Wildman–Crippen MR) is 188 cm³/mol. The smallest absolute Gasteiger partial charge is 0.168 e. The van der Waals surface area contributed by atoms with Crippen LogP contribution in [-0.2, 0) is 9.59 Å². The number of allylic oxidation sites excluding steroid dienone is 4. The summed E-state index contributed by atoms with van der Waals surface area (Å²) in [7, 11) is 0. The largest absolute Gasteiger partial charge is 0.511 e. The van der Waals surface area contributed by atoms with Crippen molar-refractivity contribution in [2.24, 2.45) is 9.98 Å². The van der Waals surface area contributed by atoms with Crippen molar-refractivity contribution < 1.29 is 19.8 Å². The number of hydrogen-bond acceptors (Lipinski definition) is 6. The van der Waals surface area contributed by atoms with E-state index in [2.05, 4.69) is 38.1 Å². The number of ketones is 2. The molecule has 2 aliphatic carbocycles. The number of Topliss-reactive ketones (excluding diaryl/α,β-unsaturated/α-hetero) is 2. The highest BCUT2D eigenvalue weighted by molar-refractivity contribution is 6.25. The molecule has 0 saturated heterocycles. The summed E-state index contributed by atoms with van der Waals surface area (Å²) in [6, 6.07) is 20.3. The monoisotopic (exact) mass is 624 g/mol. The molecule has 2 atom stereocenters. The summed E-state index contributed by atoms with van der Waals surface area (Å²) >= 11 is 0. The standard InChI is InChI=1S/C40H52N2O4/c1-3-5-21-35(43)39-33(25-31(27-37(39)45)29-17-11-9-12-18-29)41-23-15-7-8-16-24-42-34-26-32(30-19-13-10-14-20-30)28-38(46)40(34)36(44)22-6-4-2/h9-14,17-20,31-32,43-44H,3-8,15-16,21-28H2,1-2H3/t31-,32-/m1/s1. The number of hydrogen-bond donors (Lipinski definition) is 2. The first kappa shape index (κ1) is 35.1. The number of aliphatic imine (C=N–C) groups is 2. The molecule has 6 heteroatoms. The lowest BCUT2D eigenvalue weighted by molar-refractivity contribution is -0.116. The van der Waals surface area contributed by atoms with Crippen molar-refractivity contribution in [1.82, 2.24) is 0 Å². The van der Waals surface area contributed by atoms with Crippen LogP contribution in [0, 0.1) is 0 Å². The van der Waals surface area contributed by atoms with Gasteiger partial charge >= 0.3 is 0 Å². The number of carbonyl (C=O) groups excluding carboxylic acids is 2. The summed E-state index contributed by atoms with van der Waals surface area (Å²) in [5, 5.41) is 21.7. The maximum Gasteiger partial charge on any atom is 0.168 e. The molecule has 0 spiro atoms. The molecule has 0 unspecified atom stereocenters. The maximum absolute atomic E-state index is 13.2. The molecule has 4 rings (SSSR count). The van der Waals surface area contributed by atoms with Crippen LogP contribution < -0.4 is 0 Å². The first-order valence-corrected chi connectivity index (χ1v) is 17.5. The summed E-state index contributed by atoms with van der Waals surface area (Å²) in [5.74, 6) is 0.556. The van der Waals surface area contributed by atoms with E-state index < -0.39 is 0 Å². The molecule has 246 valence electrons. The van der Waals surface area contributed by atoms with Gasteiger partial charge < -0.3 is 10.2 Å².